The molecular weight excluding hydrogens is 511 g/mol. The predicted octanol–water partition coefficient (Wildman–Crippen LogP) is 4.41. The van der Waals surface area contributed by atoms with E-state index in [1.165, 1.54) is 55.6 Å². The lowest BCUT2D eigenvalue weighted by molar-refractivity contribution is -0.137. The zero-order valence-corrected chi connectivity index (χ0v) is 19.6. The molecule has 0 fully saturated rings. The van der Waals surface area contributed by atoms with Crippen molar-refractivity contribution in [3.05, 3.63) is 77.6 Å². The number of amides is 4. The summed E-state index contributed by atoms with van der Waals surface area (Å²) in [6, 6.07) is 10.5. The van der Waals surface area contributed by atoms with Gasteiger partial charge in [-0.2, -0.15) is 13.2 Å². The Labute approximate surface area is 213 Å². The van der Waals surface area contributed by atoms with Crippen LogP contribution in [-0.4, -0.2) is 29.0 Å². The summed E-state index contributed by atoms with van der Waals surface area (Å²) in [6.07, 6.45) is -4.67. The third-order valence-corrected chi connectivity index (χ3v) is 4.69. The molecule has 0 spiro atoms. The van der Waals surface area contributed by atoms with Crippen LogP contribution in [0.5, 0.6) is 11.5 Å². The maximum absolute atomic E-state index is 13.1. The van der Waals surface area contributed by atoms with E-state index in [0.29, 0.717) is 5.75 Å². The van der Waals surface area contributed by atoms with Crippen LogP contribution in [0.15, 0.2) is 60.8 Å². The van der Waals surface area contributed by atoms with Crippen molar-refractivity contribution in [2.75, 3.05) is 10.6 Å². The van der Waals surface area contributed by atoms with E-state index in [4.69, 9.17) is 10.5 Å². The highest BCUT2D eigenvalue weighted by Gasteiger charge is 2.31. The molecule has 3 rings (SSSR count). The van der Waals surface area contributed by atoms with Crippen molar-refractivity contribution < 1.29 is 41.8 Å². The largest absolute Gasteiger partial charge is 0.457 e. The van der Waals surface area contributed by atoms with Crippen LogP contribution in [0.25, 0.3) is 0 Å². The fraction of sp³-hybridized carbons (Fsp3) is 0.125. The van der Waals surface area contributed by atoms with Crippen LogP contribution in [0.3, 0.4) is 0 Å². The normalized spacial score (nSPS) is 10.7. The van der Waals surface area contributed by atoms with Crippen molar-refractivity contribution in [3.63, 3.8) is 0 Å². The molecule has 0 saturated heterocycles. The Balaban J connectivity index is 1.67. The van der Waals surface area contributed by atoms with Gasteiger partial charge in [0.2, 0.25) is 5.91 Å². The van der Waals surface area contributed by atoms with E-state index in [9.17, 15) is 32.3 Å². The molecule has 0 bridgehead atoms. The second-order valence-electron chi connectivity index (χ2n) is 7.57. The van der Waals surface area contributed by atoms with Gasteiger partial charge in [0.05, 0.1) is 5.56 Å². The molecule has 2 aromatic carbocycles. The number of nitrogens with two attached hydrogens (primary N) is 1. The maximum Gasteiger partial charge on any atom is 0.416 e. The molecule has 5 N–H and O–H groups in total. The van der Waals surface area contributed by atoms with E-state index in [1.807, 2.05) is 0 Å². The first kappa shape index (κ1) is 27.4. The van der Waals surface area contributed by atoms with Crippen molar-refractivity contribution in [1.29, 1.82) is 0 Å². The molecule has 0 aliphatic rings. The Hall–Kier alpha value is -5.14. The molecule has 0 aliphatic carbocycles. The number of urea groups is 1. The molecular formula is C24H20F3N5O6. The van der Waals surface area contributed by atoms with Crippen LogP contribution in [0.4, 0.5) is 34.1 Å². The summed E-state index contributed by atoms with van der Waals surface area (Å²) < 4.78 is 49.3. The van der Waals surface area contributed by atoms with Crippen LogP contribution >= 0.6 is 0 Å². The Morgan fingerprint density at radius 1 is 0.947 bits per heavy atom. The van der Waals surface area contributed by atoms with Crippen LogP contribution in [0, 0.1) is 0 Å². The van der Waals surface area contributed by atoms with Crippen LogP contribution in [0.2, 0.25) is 0 Å². The van der Waals surface area contributed by atoms with E-state index in [0.717, 1.165) is 12.1 Å². The molecule has 4 amide bonds. The Kier molecular flexibility index (Phi) is 8.47. The van der Waals surface area contributed by atoms with Crippen LogP contribution in [-0.2, 0) is 22.3 Å². The highest BCUT2D eigenvalue weighted by Crippen LogP contribution is 2.32. The van der Waals surface area contributed by atoms with Gasteiger partial charge in [0.1, 0.15) is 11.5 Å². The highest BCUT2D eigenvalue weighted by molar-refractivity contribution is 6.00. The number of hydrogen-bond acceptors (Lipinski definition) is 7. The number of alkyl halides is 3. The summed E-state index contributed by atoms with van der Waals surface area (Å²) in [5, 5.41) is 7.32. The molecule has 0 radical (unpaired) electrons. The van der Waals surface area contributed by atoms with E-state index in [-0.39, 0.29) is 34.9 Å². The number of nitrogens with zero attached hydrogens (tertiary/aromatic N) is 1. The quantitative estimate of drug-likeness (QED) is 0.259. The molecule has 1 aromatic heterocycles. The fourth-order valence-corrected chi connectivity index (χ4v) is 3.00. The average Bonchev–Trinajstić information content (AvgIpc) is 2.83. The van der Waals surface area contributed by atoms with Gasteiger partial charge in [-0.05, 0) is 48.0 Å². The Morgan fingerprint density at radius 2 is 1.66 bits per heavy atom. The minimum Gasteiger partial charge on any atom is -0.457 e. The van der Waals surface area contributed by atoms with Gasteiger partial charge in [-0.1, -0.05) is 6.07 Å². The third-order valence-electron chi connectivity index (χ3n) is 4.69. The van der Waals surface area contributed by atoms with Crippen molar-refractivity contribution in [2.45, 2.75) is 19.6 Å². The number of nitrogens with one attached hydrogen (secondary N) is 3. The summed E-state index contributed by atoms with van der Waals surface area (Å²) in [6.45, 7) is 1.16. The van der Waals surface area contributed by atoms with Gasteiger partial charge < -0.3 is 31.2 Å². The molecule has 198 valence electrons. The number of benzene rings is 2. The smallest absolute Gasteiger partial charge is 0.416 e. The van der Waals surface area contributed by atoms with Gasteiger partial charge in [-0.3, -0.25) is 4.79 Å². The number of aromatic nitrogens is 1. The summed E-state index contributed by atoms with van der Waals surface area (Å²) in [5.41, 5.74) is 4.04. The molecule has 3 aromatic rings. The number of hydrogen-bond donors (Lipinski definition) is 4. The van der Waals surface area contributed by atoms with Gasteiger partial charge in [-0.25, -0.2) is 19.4 Å². The standard InChI is InChI=1S/C24H20F3N5O6/c1-13(33)30-12-14-2-3-15(24(25,26)27)10-19(14)32-23(36)31-16-4-6-17(7-5-16)37-18-8-9-29-20(11-18)21(34)38-22(28)35/h2-11H,12H2,1H3,(H2,28,35)(H,30,33)(H2,31,32,36). The number of primary amides is 1. The third kappa shape index (κ3) is 7.94. The average molecular weight is 531 g/mol. The zero-order chi connectivity index (χ0) is 27.9. The second kappa shape index (κ2) is 11.7. The number of pyridine rings is 1. The molecule has 0 unspecified atom stereocenters. The molecule has 0 saturated carbocycles. The minimum absolute atomic E-state index is 0.0912. The first-order chi connectivity index (χ1) is 17.9. The predicted molar refractivity (Wildman–Crippen MR) is 127 cm³/mol. The molecule has 38 heavy (non-hydrogen) atoms. The number of anilines is 2. The monoisotopic (exact) mass is 531 g/mol. The van der Waals surface area contributed by atoms with Crippen molar-refractivity contribution in [3.8, 4) is 11.5 Å². The maximum atomic E-state index is 13.1. The SMILES string of the molecule is CC(=O)NCc1ccc(C(F)(F)F)cc1NC(=O)Nc1ccc(Oc2ccnc(C(=O)OC(N)=O)c2)cc1. The molecule has 0 aliphatic heterocycles. The van der Waals surface area contributed by atoms with E-state index in [1.54, 1.807) is 0 Å². The van der Waals surface area contributed by atoms with Gasteiger partial charge >= 0.3 is 24.3 Å². The number of carbonyl (C=O) groups is 4. The van der Waals surface area contributed by atoms with E-state index in [2.05, 4.69) is 25.7 Å². The van der Waals surface area contributed by atoms with E-state index >= 15 is 0 Å². The first-order valence-corrected chi connectivity index (χ1v) is 10.7. The molecule has 0 atom stereocenters. The lowest BCUT2D eigenvalue weighted by Crippen LogP contribution is -2.23. The van der Waals surface area contributed by atoms with Gasteiger partial charge in [0, 0.05) is 37.1 Å². The second-order valence-corrected chi connectivity index (χ2v) is 7.57. The fourth-order valence-electron chi connectivity index (χ4n) is 3.00. The highest BCUT2D eigenvalue weighted by atomic mass is 19.4. The molecule has 1 heterocycles. The zero-order valence-electron chi connectivity index (χ0n) is 19.6. The first-order valence-electron chi connectivity index (χ1n) is 10.7. The van der Waals surface area contributed by atoms with Crippen molar-refractivity contribution >= 4 is 35.4 Å². The summed E-state index contributed by atoms with van der Waals surface area (Å²) in [7, 11) is 0. The molecule has 11 nitrogen and oxygen atoms in total. The number of halogens is 3. The van der Waals surface area contributed by atoms with Crippen molar-refractivity contribution in [2.24, 2.45) is 5.73 Å². The number of esters is 1. The van der Waals surface area contributed by atoms with Crippen molar-refractivity contribution in [1.82, 2.24) is 10.3 Å². The summed E-state index contributed by atoms with van der Waals surface area (Å²) in [5.74, 6) is -0.969. The Morgan fingerprint density at radius 3 is 2.29 bits per heavy atom. The van der Waals surface area contributed by atoms with Gasteiger partial charge in [0.25, 0.3) is 0 Å². The topological polar surface area (TPSA) is 162 Å². The van der Waals surface area contributed by atoms with Gasteiger partial charge in [0.15, 0.2) is 5.69 Å². The Bertz CT molecular complexity index is 1360. The molecule has 14 heteroatoms. The summed E-state index contributed by atoms with van der Waals surface area (Å²) in [4.78, 5) is 49.9. The lowest BCUT2D eigenvalue weighted by atomic mass is 10.1. The van der Waals surface area contributed by atoms with Crippen LogP contribution in [0.1, 0.15) is 28.5 Å². The van der Waals surface area contributed by atoms with Gasteiger partial charge in [-0.15, -0.1) is 0 Å². The number of ether oxygens (including phenoxy) is 2. The van der Waals surface area contributed by atoms with E-state index < -0.39 is 35.7 Å². The lowest BCUT2D eigenvalue weighted by Gasteiger charge is -2.15. The number of rotatable bonds is 7. The summed E-state index contributed by atoms with van der Waals surface area (Å²) >= 11 is 0. The van der Waals surface area contributed by atoms with Crippen LogP contribution < -0.4 is 26.4 Å². The number of carbonyl (C=O) groups excluding carboxylic acids is 4. The minimum atomic E-state index is -4.63.